The summed E-state index contributed by atoms with van der Waals surface area (Å²) in [5.41, 5.74) is 1.91. The van der Waals surface area contributed by atoms with Gasteiger partial charge in [0, 0.05) is 11.6 Å². The van der Waals surface area contributed by atoms with Crippen molar-refractivity contribution < 1.29 is 27.5 Å². The first kappa shape index (κ1) is 26.3. The topological polar surface area (TPSA) is 124 Å². The summed E-state index contributed by atoms with van der Waals surface area (Å²) in [6.07, 6.45) is 4.87. The lowest BCUT2D eigenvalue weighted by molar-refractivity contribution is -0.199. The van der Waals surface area contributed by atoms with Gasteiger partial charge in [-0.1, -0.05) is 38.1 Å². The zero-order valence-corrected chi connectivity index (χ0v) is 23.5. The second kappa shape index (κ2) is 9.35. The van der Waals surface area contributed by atoms with E-state index in [1.165, 1.54) is 12.3 Å². The molecule has 0 radical (unpaired) electrons. The molecular formula is C28H34BN3O6S. The van der Waals surface area contributed by atoms with Crippen LogP contribution in [0.1, 0.15) is 44.9 Å². The van der Waals surface area contributed by atoms with Gasteiger partial charge in [0.2, 0.25) is 0 Å². The molecule has 4 aliphatic rings. The van der Waals surface area contributed by atoms with Crippen LogP contribution in [0.4, 0.5) is 4.79 Å². The summed E-state index contributed by atoms with van der Waals surface area (Å²) in [5.74, 6) is 0.482. The number of ether oxygens (including phenoxy) is 1. The van der Waals surface area contributed by atoms with Crippen molar-refractivity contribution in [3.8, 4) is 0 Å². The van der Waals surface area contributed by atoms with Crippen LogP contribution >= 0.6 is 0 Å². The lowest BCUT2D eigenvalue weighted by Crippen LogP contribution is -2.65. The molecule has 9 nitrogen and oxygen atoms in total. The van der Waals surface area contributed by atoms with Gasteiger partial charge in [0.25, 0.3) is 0 Å². The Hall–Kier alpha value is -2.89. The van der Waals surface area contributed by atoms with E-state index in [1.54, 1.807) is 18.4 Å². The van der Waals surface area contributed by atoms with Crippen molar-refractivity contribution in [2.24, 2.45) is 17.3 Å². The normalized spacial score (nSPS) is 29.2. The van der Waals surface area contributed by atoms with E-state index >= 15 is 0 Å². The highest BCUT2D eigenvalue weighted by atomic mass is 32.2. The first-order chi connectivity index (χ1) is 18.4. The van der Waals surface area contributed by atoms with E-state index in [9.17, 15) is 9.00 Å². The van der Waals surface area contributed by atoms with Crippen molar-refractivity contribution in [1.82, 2.24) is 10.3 Å². The van der Waals surface area contributed by atoms with Crippen molar-refractivity contribution in [3.05, 3.63) is 60.0 Å². The third-order valence-corrected chi connectivity index (χ3v) is 10.2. The predicted molar refractivity (Wildman–Crippen MR) is 146 cm³/mol. The fraction of sp³-hybridized carbons (Fsp3) is 0.500. The molecule has 0 spiro atoms. The standard InChI is InChI=1S/C28H34BN3O6S/c1-27(2)18-13-22(27)28(3)23(14-18)37-29(38-28)24(12-17-15-35-21-10-6-5-9-20(17)21)32-26(33)36-16-19-8-7-11-25(31-19)39(4,30)34/h5-11,15,18,22-24,30H,12-14,16H2,1-4H3,(H,32,33)/t18-,22-,23+,24-,28-,39?/m0/s1. The number of fused-ring (bicyclic) bond motifs is 1. The Morgan fingerprint density at radius 2 is 2.03 bits per heavy atom. The molecular weight excluding hydrogens is 517 g/mol. The summed E-state index contributed by atoms with van der Waals surface area (Å²) in [6.45, 7) is 6.66. The van der Waals surface area contributed by atoms with Gasteiger partial charge in [-0.15, -0.1) is 0 Å². The van der Waals surface area contributed by atoms with Gasteiger partial charge in [0.15, 0.2) is 0 Å². The van der Waals surface area contributed by atoms with Gasteiger partial charge in [0.05, 0.1) is 39.3 Å². The maximum Gasteiger partial charge on any atom is 0.482 e. The molecule has 2 bridgehead atoms. The highest BCUT2D eigenvalue weighted by molar-refractivity contribution is 7.91. The van der Waals surface area contributed by atoms with E-state index in [-0.39, 0.29) is 23.2 Å². The molecule has 3 aliphatic carbocycles. The van der Waals surface area contributed by atoms with Crippen LogP contribution in [0.2, 0.25) is 0 Å². The summed E-state index contributed by atoms with van der Waals surface area (Å²) >= 11 is 0. The van der Waals surface area contributed by atoms with Crippen LogP contribution in [-0.4, -0.2) is 46.3 Å². The van der Waals surface area contributed by atoms with Crippen molar-refractivity contribution in [2.75, 3.05) is 6.26 Å². The Labute approximate surface area is 229 Å². The van der Waals surface area contributed by atoms with Gasteiger partial charge in [-0.3, -0.25) is 0 Å². The molecule has 1 saturated heterocycles. The molecule has 3 saturated carbocycles. The highest BCUT2D eigenvalue weighted by Crippen LogP contribution is 2.65. The first-order valence-corrected chi connectivity index (χ1v) is 15.3. The van der Waals surface area contributed by atoms with E-state index in [1.807, 2.05) is 24.3 Å². The number of nitrogens with one attached hydrogen (secondary N) is 2. The molecule has 3 aromatic rings. The number of furan rings is 1. The number of pyridine rings is 1. The summed E-state index contributed by atoms with van der Waals surface area (Å²) in [7, 11) is -3.62. The molecule has 1 unspecified atom stereocenters. The molecule has 39 heavy (non-hydrogen) atoms. The Kier molecular flexibility index (Phi) is 6.32. The molecule has 1 aliphatic heterocycles. The number of hydrogen-bond donors (Lipinski definition) is 2. The second-order valence-corrected chi connectivity index (χ2v) is 14.0. The van der Waals surface area contributed by atoms with Crippen LogP contribution in [0.15, 0.2) is 58.2 Å². The molecule has 3 heterocycles. The third-order valence-electron chi connectivity index (χ3n) is 9.13. The third kappa shape index (κ3) is 4.64. The number of carbonyl (C=O) groups is 1. The number of benzene rings is 1. The van der Waals surface area contributed by atoms with Crippen LogP contribution in [0.3, 0.4) is 0 Å². The molecule has 11 heteroatoms. The minimum absolute atomic E-state index is 0.0265. The van der Waals surface area contributed by atoms with E-state index in [2.05, 4.69) is 31.1 Å². The van der Waals surface area contributed by atoms with Crippen molar-refractivity contribution in [3.63, 3.8) is 0 Å². The van der Waals surface area contributed by atoms with E-state index < -0.39 is 34.5 Å². The Morgan fingerprint density at radius 3 is 2.79 bits per heavy atom. The number of nitrogens with zero attached hydrogens (tertiary/aromatic N) is 1. The van der Waals surface area contributed by atoms with E-state index in [4.69, 9.17) is 23.2 Å². The minimum Gasteiger partial charge on any atom is -0.464 e. The molecule has 2 aromatic heterocycles. The van der Waals surface area contributed by atoms with Gasteiger partial charge in [0.1, 0.15) is 17.2 Å². The van der Waals surface area contributed by atoms with Crippen LogP contribution in [0.5, 0.6) is 0 Å². The minimum atomic E-state index is -2.98. The average Bonchev–Trinajstić information content (AvgIpc) is 3.47. The Balaban J connectivity index is 1.21. The quantitative estimate of drug-likeness (QED) is 0.398. The molecule has 1 aromatic carbocycles. The lowest BCUT2D eigenvalue weighted by atomic mass is 9.43. The largest absolute Gasteiger partial charge is 0.482 e. The van der Waals surface area contributed by atoms with Crippen molar-refractivity contribution in [2.45, 2.75) is 69.3 Å². The average molecular weight is 551 g/mol. The van der Waals surface area contributed by atoms with Gasteiger partial charge in [-0.2, -0.15) is 0 Å². The number of rotatable bonds is 7. The highest BCUT2D eigenvalue weighted by Gasteiger charge is 2.68. The van der Waals surface area contributed by atoms with Gasteiger partial charge >= 0.3 is 13.2 Å². The molecule has 1 amide bonds. The first-order valence-electron chi connectivity index (χ1n) is 13.4. The number of para-hydroxylation sites is 1. The molecule has 4 fully saturated rings. The number of alkyl carbamates (subject to hydrolysis) is 1. The Morgan fingerprint density at radius 1 is 1.23 bits per heavy atom. The number of aromatic nitrogens is 1. The predicted octanol–water partition coefficient (Wildman–Crippen LogP) is 4.97. The van der Waals surface area contributed by atoms with Crippen LogP contribution < -0.4 is 5.32 Å². The lowest BCUT2D eigenvalue weighted by Gasteiger charge is -2.64. The molecule has 6 atom stereocenters. The molecule has 7 rings (SSSR count). The van der Waals surface area contributed by atoms with Gasteiger partial charge < -0.3 is 23.8 Å². The van der Waals surface area contributed by atoms with Gasteiger partial charge in [-0.05, 0) is 67.2 Å². The zero-order chi connectivity index (χ0) is 27.6. The number of hydrogen-bond acceptors (Lipinski definition) is 8. The maximum absolute atomic E-state index is 13.0. The summed E-state index contributed by atoms with van der Waals surface area (Å²) in [4.78, 5) is 17.3. The van der Waals surface area contributed by atoms with Crippen molar-refractivity contribution in [1.29, 1.82) is 4.78 Å². The smallest absolute Gasteiger partial charge is 0.464 e. The number of amides is 1. The monoisotopic (exact) mass is 551 g/mol. The molecule has 2 N–H and O–H groups in total. The fourth-order valence-corrected chi connectivity index (χ4v) is 7.43. The summed E-state index contributed by atoms with van der Waals surface area (Å²) in [6, 6.07) is 12.6. The Bertz CT molecular complexity index is 1520. The molecule has 206 valence electrons. The van der Waals surface area contributed by atoms with Crippen LogP contribution in [0, 0.1) is 22.0 Å². The second-order valence-electron chi connectivity index (χ2n) is 11.9. The SMILES string of the molecule is CC1(C)[C@@H]2C[C@H]3OB([C@H](Cc4coc5ccccc45)NC(=O)OCc4cccc(S(C)(=N)=O)n4)O[C@@]3(C)[C@H]1C2. The fourth-order valence-electron chi connectivity index (χ4n) is 6.80. The van der Waals surface area contributed by atoms with Gasteiger partial charge in [-0.25, -0.2) is 18.8 Å². The van der Waals surface area contributed by atoms with E-state index in [0.717, 1.165) is 29.4 Å². The summed E-state index contributed by atoms with van der Waals surface area (Å²) < 4.78 is 44.3. The van der Waals surface area contributed by atoms with Crippen LogP contribution in [-0.2, 0) is 36.8 Å². The van der Waals surface area contributed by atoms with Crippen molar-refractivity contribution >= 4 is 33.9 Å². The van der Waals surface area contributed by atoms with E-state index in [0.29, 0.717) is 24.0 Å². The summed E-state index contributed by atoms with van der Waals surface area (Å²) in [5, 5.41) is 4.10. The maximum atomic E-state index is 13.0. The van der Waals surface area contributed by atoms with Crippen LogP contribution in [0.25, 0.3) is 11.0 Å². The number of carbonyl (C=O) groups excluding carboxylic acids is 1. The zero-order valence-electron chi connectivity index (χ0n) is 22.6.